The van der Waals surface area contributed by atoms with Gasteiger partial charge in [-0.25, -0.2) is 4.39 Å². The lowest BCUT2D eigenvalue weighted by molar-refractivity contribution is -0.143. The predicted molar refractivity (Wildman–Crippen MR) is 116 cm³/mol. The van der Waals surface area contributed by atoms with Crippen molar-refractivity contribution >= 4 is 23.4 Å². The van der Waals surface area contributed by atoms with Gasteiger partial charge in [0, 0.05) is 18.1 Å². The molecule has 0 heterocycles. The number of halogens is 2. The fourth-order valence-corrected chi connectivity index (χ4v) is 3.18. The van der Waals surface area contributed by atoms with Crippen LogP contribution in [0.5, 0.6) is 5.75 Å². The molecule has 0 aromatic heterocycles. The topological polar surface area (TPSA) is 58.6 Å². The van der Waals surface area contributed by atoms with Crippen molar-refractivity contribution in [1.29, 1.82) is 0 Å². The molecule has 162 valence electrons. The van der Waals surface area contributed by atoms with E-state index < -0.39 is 6.04 Å². The quantitative estimate of drug-likeness (QED) is 0.526. The van der Waals surface area contributed by atoms with E-state index in [1.807, 2.05) is 13.8 Å². The van der Waals surface area contributed by atoms with Crippen LogP contribution in [-0.2, 0) is 16.1 Å². The third-order valence-corrected chi connectivity index (χ3v) is 4.88. The summed E-state index contributed by atoms with van der Waals surface area (Å²) in [6, 6.07) is 12.0. The zero-order chi connectivity index (χ0) is 21.9. The van der Waals surface area contributed by atoms with Gasteiger partial charge >= 0.3 is 0 Å². The summed E-state index contributed by atoms with van der Waals surface area (Å²) in [4.78, 5) is 27.2. The van der Waals surface area contributed by atoms with Crippen molar-refractivity contribution in [2.24, 2.45) is 0 Å². The Morgan fingerprint density at radius 1 is 1.17 bits per heavy atom. The van der Waals surface area contributed by atoms with Gasteiger partial charge in [-0.3, -0.25) is 9.59 Å². The van der Waals surface area contributed by atoms with Crippen LogP contribution in [-0.4, -0.2) is 35.9 Å². The van der Waals surface area contributed by atoms with E-state index in [0.717, 1.165) is 18.4 Å². The molecule has 30 heavy (non-hydrogen) atoms. The Kier molecular flexibility index (Phi) is 9.61. The first-order valence-electron chi connectivity index (χ1n) is 10.1. The standard InChI is InChI=1S/C23H28ClFN2O3/c1-3-5-13-26-23(29)21(4-2)27(15-17-9-11-19(25)12-10-17)22(28)16-30-20-8-6-7-18(24)14-20/h6-12,14,21H,3-5,13,15-16H2,1-2H3,(H,26,29)/t21-/m0/s1. The average Bonchev–Trinajstić information content (AvgIpc) is 2.73. The van der Waals surface area contributed by atoms with E-state index in [1.165, 1.54) is 17.0 Å². The van der Waals surface area contributed by atoms with Gasteiger partial charge in [-0.15, -0.1) is 0 Å². The summed E-state index contributed by atoms with van der Waals surface area (Å²) in [6.07, 6.45) is 2.27. The Labute approximate surface area is 182 Å². The van der Waals surface area contributed by atoms with Gasteiger partial charge in [0.1, 0.15) is 17.6 Å². The van der Waals surface area contributed by atoms with E-state index in [2.05, 4.69) is 5.32 Å². The molecule has 2 rings (SSSR count). The Hall–Kier alpha value is -2.60. The molecule has 0 aliphatic rings. The summed E-state index contributed by atoms with van der Waals surface area (Å²) < 4.78 is 18.9. The summed E-state index contributed by atoms with van der Waals surface area (Å²) in [5.74, 6) is -0.427. The Bertz CT molecular complexity index is 829. The number of nitrogens with zero attached hydrogens (tertiary/aromatic N) is 1. The van der Waals surface area contributed by atoms with Crippen LogP contribution < -0.4 is 10.1 Å². The molecule has 0 aliphatic heterocycles. The highest BCUT2D eigenvalue weighted by Gasteiger charge is 2.28. The summed E-state index contributed by atoms with van der Waals surface area (Å²) in [5.41, 5.74) is 0.729. The third-order valence-electron chi connectivity index (χ3n) is 4.64. The first-order valence-corrected chi connectivity index (χ1v) is 10.5. The molecule has 0 radical (unpaired) electrons. The van der Waals surface area contributed by atoms with Crippen molar-refractivity contribution in [3.63, 3.8) is 0 Å². The van der Waals surface area contributed by atoms with Gasteiger partial charge in [0.2, 0.25) is 5.91 Å². The number of nitrogens with one attached hydrogen (secondary N) is 1. The van der Waals surface area contributed by atoms with Crippen LogP contribution in [0, 0.1) is 5.82 Å². The van der Waals surface area contributed by atoms with E-state index in [4.69, 9.17) is 16.3 Å². The molecule has 0 saturated carbocycles. The maximum Gasteiger partial charge on any atom is 0.261 e. The second-order valence-corrected chi connectivity index (χ2v) is 7.40. The highest BCUT2D eigenvalue weighted by Crippen LogP contribution is 2.18. The fourth-order valence-electron chi connectivity index (χ4n) is 3.00. The van der Waals surface area contributed by atoms with Crippen molar-refractivity contribution in [3.8, 4) is 5.75 Å². The van der Waals surface area contributed by atoms with E-state index in [9.17, 15) is 14.0 Å². The second-order valence-electron chi connectivity index (χ2n) is 6.96. The number of hydrogen-bond donors (Lipinski definition) is 1. The second kappa shape index (κ2) is 12.2. The smallest absolute Gasteiger partial charge is 0.261 e. The largest absolute Gasteiger partial charge is 0.484 e. The number of carbonyl (C=O) groups is 2. The molecule has 0 aliphatic carbocycles. The molecule has 0 fully saturated rings. The molecule has 0 unspecified atom stereocenters. The molecule has 0 saturated heterocycles. The SMILES string of the molecule is CCCCNC(=O)[C@H](CC)N(Cc1ccc(F)cc1)C(=O)COc1cccc(Cl)c1. The van der Waals surface area contributed by atoms with Gasteiger partial charge in [-0.1, -0.05) is 50.1 Å². The van der Waals surface area contributed by atoms with Gasteiger partial charge in [0.05, 0.1) is 0 Å². The normalized spacial score (nSPS) is 11.6. The van der Waals surface area contributed by atoms with Gasteiger partial charge in [0.25, 0.3) is 5.91 Å². The molecule has 2 amide bonds. The van der Waals surface area contributed by atoms with Crippen molar-refractivity contribution in [3.05, 3.63) is 64.9 Å². The molecule has 0 spiro atoms. The van der Waals surface area contributed by atoms with Crippen LogP contribution in [0.3, 0.4) is 0 Å². The molecule has 1 N–H and O–H groups in total. The Morgan fingerprint density at radius 3 is 2.53 bits per heavy atom. The van der Waals surface area contributed by atoms with Gasteiger partial charge in [0.15, 0.2) is 6.61 Å². The summed E-state index contributed by atoms with van der Waals surface area (Å²) in [6.45, 7) is 4.40. The maximum absolute atomic E-state index is 13.3. The molecule has 2 aromatic rings. The van der Waals surface area contributed by atoms with E-state index in [0.29, 0.717) is 23.7 Å². The molecule has 0 bridgehead atoms. The number of hydrogen-bond acceptors (Lipinski definition) is 3. The third kappa shape index (κ3) is 7.34. The highest BCUT2D eigenvalue weighted by molar-refractivity contribution is 6.30. The average molecular weight is 435 g/mol. The summed E-state index contributed by atoms with van der Waals surface area (Å²) >= 11 is 5.96. The lowest BCUT2D eigenvalue weighted by Crippen LogP contribution is -2.50. The maximum atomic E-state index is 13.3. The Morgan fingerprint density at radius 2 is 1.90 bits per heavy atom. The van der Waals surface area contributed by atoms with E-state index in [1.54, 1.807) is 36.4 Å². The number of amides is 2. The molecule has 5 nitrogen and oxygen atoms in total. The van der Waals surface area contributed by atoms with Crippen LogP contribution in [0.15, 0.2) is 48.5 Å². The number of rotatable bonds is 11. The minimum atomic E-state index is -0.651. The fraction of sp³-hybridized carbons (Fsp3) is 0.391. The monoisotopic (exact) mass is 434 g/mol. The number of ether oxygens (including phenoxy) is 1. The predicted octanol–water partition coefficient (Wildman–Crippen LogP) is 4.58. The van der Waals surface area contributed by atoms with Gasteiger partial charge < -0.3 is 15.0 Å². The molecule has 1 atom stereocenters. The molecular weight excluding hydrogens is 407 g/mol. The van der Waals surface area contributed by atoms with Gasteiger partial charge in [-0.2, -0.15) is 0 Å². The first-order chi connectivity index (χ1) is 14.4. The van der Waals surface area contributed by atoms with E-state index >= 15 is 0 Å². The first kappa shape index (κ1) is 23.7. The number of carbonyl (C=O) groups excluding carboxylic acids is 2. The van der Waals surface area contributed by atoms with Crippen molar-refractivity contribution in [1.82, 2.24) is 10.2 Å². The number of unbranched alkanes of at least 4 members (excludes halogenated alkanes) is 1. The summed E-state index contributed by atoms with van der Waals surface area (Å²) in [7, 11) is 0. The van der Waals surface area contributed by atoms with Crippen LogP contribution in [0.1, 0.15) is 38.7 Å². The lowest BCUT2D eigenvalue weighted by Gasteiger charge is -2.30. The molecular formula is C23H28ClFN2O3. The van der Waals surface area contributed by atoms with Crippen molar-refractivity contribution < 1.29 is 18.7 Å². The highest BCUT2D eigenvalue weighted by atomic mass is 35.5. The van der Waals surface area contributed by atoms with Crippen LogP contribution in [0.25, 0.3) is 0 Å². The Balaban J connectivity index is 2.16. The molecule has 7 heteroatoms. The molecule has 2 aromatic carbocycles. The van der Waals surface area contributed by atoms with Crippen molar-refractivity contribution in [2.75, 3.05) is 13.2 Å². The van der Waals surface area contributed by atoms with Crippen molar-refractivity contribution in [2.45, 2.75) is 45.7 Å². The van der Waals surface area contributed by atoms with E-state index in [-0.39, 0.29) is 30.8 Å². The van der Waals surface area contributed by atoms with Crippen LogP contribution in [0.2, 0.25) is 5.02 Å². The minimum absolute atomic E-state index is 0.178. The zero-order valence-electron chi connectivity index (χ0n) is 17.4. The summed E-state index contributed by atoms with van der Waals surface area (Å²) in [5, 5.41) is 3.40. The lowest BCUT2D eigenvalue weighted by atomic mass is 10.1. The van der Waals surface area contributed by atoms with Gasteiger partial charge in [-0.05, 0) is 48.7 Å². The van der Waals surface area contributed by atoms with Crippen LogP contribution in [0.4, 0.5) is 4.39 Å². The van der Waals surface area contributed by atoms with Crippen LogP contribution >= 0.6 is 11.6 Å². The zero-order valence-corrected chi connectivity index (χ0v) is 18.1. The number of benzene rings is 2. The minimum Gasteiger partial charge on any atom is -0.484 e.